The fraction of sp³-hybridized carbons (Fsp3) is 0.438. The van der Waals surface area contributed by atoms with Gasteiger partial charge in [0.05, 0.1) is 10.6 Å². The second-order valence-electron chi connectivity index (χ2n) is 6.25. The van der Waals surface area contributed by atoms with Crippen molar-refractivity contribution >= 4 is 21.4 Å². The normalized spacial score (nSPS) is 25.8. The first-order valence-corrected chi connectivity index (χ1v) is 10.0. The van der Waals surface area contributed by atoms with Gasteiger partial charge in [0.15, 0.2) is 0 Å². The fourth-order valence-corrected chi connectivity index (χ4v) is 6.51. The molecule has 2 fully saturated rings. The number of sulfonamides is 1. The lowest BCUT2D eigenvalue weighted by Crippen LogP contribution is -2.34. The number of pyridine rings is 1. The first kappa shape index (κ1) is 15.3. The monoisotopic (exact) mass is 349 g/mol. The van der Waals surface area contributed by atoms with E-state index in [0.717, 1.165) is 23.5 Å². The van der Waals surface area contributed by atoms with Crippen molar-refractivity contribution in [1.82, 2.24) is 14.2 Å². The number of hydrogen-bond donors (Lipinski definition) is 0. The van der Waals surface area contributed by atoms with Crippen LogP contribution in [0.5, 0.6) is 0 Å². The minimum absolute atomic E-state index is 0.375. The smallest absolute Gasteiger partial charge is 0.252 e. The van der Waals surface area contributed by atoms with Crippen molar-refractivity contribution in [2.24, 2.45) is 5.92 Å². The molecule has 2 aromatic heterocycles. The molecule has 0 spiro atoms. The number of nitrogens with zero attached hydrogens (tertiary/aromatic N) is 3. The van der Waals surface area contributed by atoms with Crippen LogP contribution in [0, 0.1) is 5.92 Å². The predicted molar refractivity (Wildman–Crippen MR) is 90.8 cm³/mol. The molecule has 122 valence electrons. The van der Waals surface area contributed by atoms with Gasteiger partial charge in [0.25, 0.3) is 10.0 Å². The molecule has 0 N–H and O–H groups in total. The Kier molecular flexibility index (Phi) is 3.76. The van der Waals surface area contributed by atoms with E-state index in [-0.39, 0.29) is 0 Å². The van der Waals surface area contributed by atoms with Crippen LogP contribution >= 0.6 is 11.3 Å². The van der Waals surface area contributed by atoms with Gasteiger partial charge in [-0.3, -0.25) is 4.98 Å². The zero-order chi connectivity index (χ0) is 16.0. The van der Waals surface area contributed by atoms with Crippen LogP contribution < -0.4 is 0 Å². The number of fused-ring (bicyclic) bond motifs is 1. The quantitative estimate of drug-likeness (QED) is 0.852. The molecule has 7 heteroatoms. The zero-order valence-corrected chi connectivity index (χ0v) is 14.6. The molecule has 2 aliphatic heterocycles. The summed E-state index contributed by atoms with van der Waals surface area (Å²) in [5.74, 6) is 0.477. The van der Waals surface area contributed by atoms with E-state index in [9.17, 15) is 8.42 Å². The van der Waals surface area contributed by atoms with Crippen LogP contribution in [-0.2, 0) is 10.0 Å². The first-order valence-electron chi connectivity index (χ1n) is 7.77. The van der Waals surface area contributed by atoms with Crippen LogP contribution in [0.4, 0.5) is 0 Å². The van der Waals surface area contributed by atoms with E-state index in [2.05, 4.69) is 16.9 Å². The molecule has 2 saturated heterocycles. The molecule has 2 aromatic rings. The largest absolute Gasteiger partial charge is 0.302 e. The maximum atomic E-state index is 12.9. The Morgan fingerprint density at radius 3 is 2.83 bits per heavy atom. The number of aromatic nitrogens is 1. The van der Waals surface area contributed by atoms with E-state index < -0.39 is 10.0 Å². The van der Waals surface area contributed by atoms with E-state index in [0.29, 0.717) is 29.3 Å². The van der Waals surface area contributed by atoms with Crippen molar-refractivity contribution in [3.05, 3.63) is 36.5 Å². The average Bonchev–Trinajstić information content (AvgIpc) is 3.26. The highest BCUT2D eigenvalue weighted by Gasteiger charge is 2.44. The Bertz CT molecular complexity index is 804. The van der Waals surface area contributed by atoms with Gasteiger partial charge in [0, 0.05) is 25.3 Å². The SMILES string of the molecule is CN1CC[C@@H]2CN(S(=O)(=O)c3ccc(-c4ccccn4)s3)C[C@@H]21. The van der Waals surface area contributed by atoms with Crippen molar-refractivity contribution in [3.8, 4) is 10.6 Å². The lowest BCUT2D eigenvalue weighted by molar-refractivity contribution is 0.297. The molecule has 2 atom stereocenters. The minimum Gasteiger partial charge on any atom is -0.302 e. The molecule has 5 nitrogen and oxygen atoms in total. The van der Waals surface area contributed by atoms with Gasteiger partial charge < -0.3 is 4.90 Å². The molecule has 0 unspecified atom stereocenters. The summed E-state index contributed by atoms with van der Waals surface area (Å²) in [4.78, 5) is 7.47. The third kappa shape index (κ3) is 2.61. The lowest BCUT2D eigenvalue weighted by atomic mass is 10.1. The molecule has 0 aliphatic carbocycles. The van der Waals surface area contributed by atoms with Crippen LogP contribution in [0.25, 0.3) is 10.6 Å². The highest BCUT2D eigenvalue weighted by molar-refractivity contribution is 7.91. The van der Waals surface area contributed by atoms with Crippen LogP contribution in [0.2, 0.25) is 0 Å². The highest BCUT2D eigenvalue weighted by Crippen LogP contribution is 2.36. The van der Waals surface area contributed by atoms with Crippen LogP contribution in [0.15, 0.2) is 40.7 Å². The Morgan fingerprint density at radius 1 is 1.22 bits per heavy atom. The number of hydrogen-bond acceptors (Lipinski definition) is 5. The summed E-state index contributed by atoms with van der Waals surface area (Å²) in [5.41, 5.74) is 0.817. The molecule has 2 aliphatic rings. The fourth-order valence-electron chi connectivity index (χ4n) is 3.56. The average molecular weight is 349 g/mol. The van der Waals surface area contributed by atoms with E-state index in [1.165, 1.54) is 11.3 Å². The number of thiophene rings is 1. The number of rotatable bonds is 3. The molecular formula is C16H19N3O2S2. The summed E-state index contributed by atoms with van der Waals surface area (Å²) in [7, 11) is -1.31. The summed E-state index contributed by atoms with van der Waals surface area (Å²) < 4.78 is 27.9. The maximum Gasteiger partial charge on any atom is 0.252 e. The molecule has 23 heavy (non-hydrogen) atoms. The minimum atomic E-state index is -3.39. The van der Waals surface area contributed by atoms with E-state index in [4.69, 9.17) is 0 Å². The van der Waals surface area contributed by atoms with E-state index in [1.54, 1.807) is 16.6 Å². The molecule has 0 bridgehead atoms. The van der Waals surface area contributed by atoms with Gasteiger partial charge in [-0.05, 0) is 50.2 Å². The highest BCUT2D eigenvalue weighted by atomic mass is 32.2. The Balaban J connectivity index is 1.59. The summed E-state index contributed by atoms with van der Waals surface area (Å²) in [5, 5.41) is 0. The molecule has 0 aromatic carbocycles. The summed E-state index contributed by atoms with van der Waals surface area (Å²) in [6.07, 6.45) is 2.82. The van der Waals surface area contributed by atoms with E-state index >= 15 is 0 Å². The van der Waals surface area contributed by atoms with Gasteiger partial charge in [-0.25, -0.2) is 8.42 Å². The Labute approximate surface area is 140 Å². The van der Waals surface area contributed by atoms with Gasteiger partial charge in [0.2, 0.25) is 0 Å². The topological polar surface area (TPSA) is 53.5 Å². The van der Waals surface area contributed by atoms with Crippen LogP contribution in [0.3, 0.4) is 0 Å². The van der Waals surface area contributed by atoms with Gasteiger partial charge in [0.1, 0.15) is 4.21 Å². The van der Waals surface area contributed by atoms with Crippen molar-refractivity contribution in [2.75, 3.05) is 26.7 Å². The third-order valence-electron chi connectivity index (χ3n) is 4.88. The standard InChI is InChI=1S/C16H19N3O2S2/c1-18-9-7-12-10-19(11-14(12)18)23(20,21)16-6-5-15(22-16)13-4-2-3-8-17-13/h2-6,8,12,14H,7,9-11H2,1H3/t12-,14+/m1/s1. The molecule has 0 amide bonds. The predicted octanol–water partition coefficient (Wildman–Crippen LogP) is 2.13. The van der Waals surface area contributed by atoms with Crippen LogP contribution in [0.1, 0.15) is 6.42 Å². The molecule has 4 rings (SSSR count). The second-order valence-corrected chi connectivity index (χ2v) is 9.50. The first-order chi connectivity index (χ1) is 11.1. The lowest BCUT2D eigenvalue weighted by Gasteiger charge is -2.19. The van der Waals surface area contributed by atoms with Gasteiger partial charge in [-0.1, -0.05) is 6.07 Å². The zero-order valence-electron chi connectivity index (χ0n) is 12.9. The number of likely N-dealkylation sites (tertiary alicyclic amines) is 1. The summed E-state index contributed by atoms with van der Waals surface area (Å²) >= 11 is 1.30. The van der Waals surface area contributed by atoms with Crippen LogP contribution in [-0.4, -0.2) is 55.3 Å². The third-order valence-corrected chi connectivity index (χ3v) is 8.29. The van der Waals surface area contributed by atoms with Gasteiger partial charge in [-0.2, -0.15) is 4.31 Å². The van der Waals surface area contributed by atoms with Gasteiger partial charge >= 0.3 is 0 Å². The van der Waals surface area contributed by atoms with Crippen molar-refractivity contribution in [3.63, 3.8) is 0 Å². The second kappa shape index (κ2) is 5.66. The number of likely N-dealkylation sites (N-methyl/N-ethyl adjacent to an activating group) is 1. The molecule has 0 radical (unpaired) electrons. The Hall–Kier alpha value is -1.28. The summed E-state index contributed by atoms with van der Waals surface area (Å²) in [6.45, 7) is 2.33. The van der Waals surface area contributed by atoms with E-state index in [1.807, 2.05) is 24.3 Å². The summed E-state index contributed by atoms with van der Waals surface area (Å²) in [6, 6.07) is 9.60. The van der Waals surface area contributed by atoms with Crippen molar-refractivity contribution in [2.45, 2.75) is 16.7 Å². The van der Waals surface area contributed by atoms with Crippen molar-refractivity contribution < 1.29 is 8.42 Å². The van der Waals surface area contributed by atoms with Crippen molar-refractivity contribution in [1.29, 1.82) is 0 Å². The maximum absolute atomic E-state index is 12.9. The molecule has 4 heterocycles. The molecule has 0 saturated carbocycles. The Morgan fingerprint density at radius 2 is 2.09 bits per heavy atom. The van der Waals surface area contributed by atoms with Gasteiger partial charge in [-0.15, -0.1) is 11.3 Å². The molecular weight excluding hydrogens is 330 g/mol.